The van der Waals surface area contributed by atoms with Crippen LogP contribution in [0.5, 0.6) is 0 Å². The van der Waals surface area contributed by atoms with E-state index in [9.17, 15) is 14.1 Å². The highest BCUT2D eigenvalue weighted by atomic mass is 79.9. The van der Waals surface area contributed by atoms with Gasteiger partial charge in [0.2, 0.25) is 0 Å². The molecule has 0 aromatic heterocycles. The highest BCUT2D eigenvalue weighted by Gasteiger charge is 2.93. The maximum atomic E-state index is 14.6. The SMILES string of the molecule is CC1(C)[C@@H]2CC[C@]13CS(=O)N[C@@]31C(Br)(C(=O)c3ccccc3)C(c3ccccc3)=C(Br)[C@@]21O. The third kappa shape index (κ3) is 2.17. The molecule has 6 atom stereocenters. The maximum Gasteiger partial charge on any atom is 0.186 e. The number of carbonyl (C=O) groups is 1. The molecule has 6 rings (SSSR count). The number of nitrogens with one attached hydrogen (secondary N) is 1. The van der Waals surface area contributed by atoms with E-state index in [2.05, 4.69) is 50.4 Å². The van der Waals surface area contributed by atoms with Crippen molar-refractivity contribution in [2.75, 3.05) is 5.75 Å². The van der Waals surface area contributed by atoms with Gasteiger partial charge in [0.05, 0.1) is 16.5 Å². The number of ketones is 1. The van der Waals surface area contributed by atoms with Gasteiger partial charge in [0.1, 0.15) is 9.93 Å². The molecule has 2 aromatic rings. The number of halogens is 2. The van der Waals surface area contributed by atoms with Crippen LogP contribution in [0.3, 0.4) is 0 Å². The first-order valence-electron chi connectivity index (χ1n) is 11.2. The lowest BCUT2D eigenvalue weighted by Gasteiger charge is -2.54. The van der Waals surface area contributed by atoms with Crippen molar-refractivity contribution in [3.63, 3.8) is 0 Å². The number of benzene rings is 2. The summed E-state index contributed by atoms with van der Waals surface area (Å²) in [6.07, 6.45) is 1.63. The Bertz CT molecular complexity index is 1250. The van der Waals surface area contributed by atoms with Gasteiger partial charge in [-0.2, -0.15) is 0 Å². The lowest BCUT2D eigenvalue weighted by molar-refractivity contribution is -0.0543. The molecule has 1 saturated heterocycles. The molecule has 2 unspecified atom stereocenters. The molecule has 7 heteroatoms. The third-order valence-electron chi connectivity index (χ3n) is 9.23. The van der Waals surface area contributed by atoms with Crippen molar-refractivity contribution in [1.82, 2.24) is 4.72 Å². The second-order valence-corrected chi connectivity index (χ2v) is 13.6. The predicted molar refractivity (Wildman–Crippen MR) is 137 cm³/mol. The van der Waals surface area contributed by atoms with Gasteiger partial charge >= 0.3 is 0 Å². The van der Waals surface area contributed by atoms with Crippen LogP contribution in [0, 0.1) is 16.7 Å². The fourth-order valence-electron chi connectivity index (χ4n) is 7.92. The number of rotatable bonds is 3. The maximum absolute atomic E-state index is 14.6. The van der Waals surface area contributed by atoms with E-state index in [0.29, 0.717) is 15.8 Å². The van der Waals surface area contributed by atoms with E-state index in [0.717, 1.165) is 24.0 Å². The van der Waals surface area contributed by atoms with E-state index in [1.54, 1.807) is 0 Å². The minimum absolute atomic E-state index is 0.0918. The molecule has 2 saturated carbocycles. The zero-order chi connectivity index (χ0) is 23.4. The van der Waals surface area contributed by atoms with Crippen LogP contribution in [-0.2, 0) is 11.0 Å². The average Bonchev–Trinajstić information content (AvgIpc) is 3.36. The van der Waals surface area contributed by atoms with Crippen LogP contribution in [0.2, 0.25) is 0 Å². The highest BCUT2D eigenvalue weighted by molar-refractivity contribution is 9.12. The molecule has 4 nitrogen and oxygen atoms in total. The summed E-state index contributed by atoms with van der Waals surface area (Å²) >= 11 is 7.84. The molecular formula is C26H25Br2NO3S. The summed E-state index contributed by atoms with van der Waals surface area (Å²) in [4.78, 5) is 14.6. The molecule has 1 aliphatic heterocycles. The van der Waals surface area contributed by atoms with Crippen molar-refractivity contribution in [3.05, 3.63) is 76.3 Å². The fraction of sp³-hybridized carbons (Fsp3) is 0.423. The second kappa shape index (κ2) is 6.76. The summed E-state index contributed by atoms with van der Waals surface area (Å²) in [5.41, 5.74) is -1.28. The first-order valence-corrected chi connectivity index (χ1v) is 14.1. The average molecular weight is 591 g/mol. The van der Waals surface area contributed by atoms with Gasteiger partial charge < -0.3 is 5.11 Å². The van der Waals surface area contributed by atoms with Gasteiger partial charge in [-0.1, -0.05) is 106 Å². The van der Waals surface area contributed by atoms with Crippen LogP contribution in [0.15, 0.2) is 65.1 Å². The van der Waals surface area contributed by atoms with Crippen LogP contribution < -0.4 is 4.72 Å². The van der Waals surface area contributed by atoms with Gasteiger partial charge in [-0.15, -0.1) is 0 Å². The predicted octanol–water partition coefficient (Wildman–Crippen LogP) is 5.00. The normalized spacial score (nSPS) is 42.5. The first-order chi connectivity index (χ1) is 15.6. The molecule has 0 amide bonds. The number of hydrogen-bond donors (Lipinski definition) is 2. The van der Waals surface area contributed by atoms with Crippen molar-refractivity contribution in [2.45, 2.75) is 42.2 Å². The van der Waals surface area contributed by atoms with E-state index >= 15 is 0 Å². The highest BCUT2D eigenvalue weighted by Crippen LogP contribution is 2.84. The van der Waals surface area contributed by atoms with Crippen molar-refractivity contribution in [1.29, 1.82) is 0 Å². The van der Waals surface area contributed by atoms with Crippen molar-refractivity contribution in [3.8, 4) is 0 Å². The molecule has 4 aliphatic rings. The van der Waals surface area contributed by atoms with E-state index in [1.165, 1.54) is 0 Å². The Kier molecular flexibility index (Phi) is 4.58. The molecule has 2 aromatic carbocycles. The topological polar surface area (TPSA) is 66.4 Å². The lowest BCUT2D eigenvalue weighted by atomic mass is 9.56. The molecule has 2 spiro atoms. The summed E-state index contributed by atoms with van der Waals surface area (Å²) in [6, 6.07) is 19.0. The Morgan fingerprint density at radius 1 is 1.09 bits per heavy atom. The molecule has 3 fully saturated rings. The zero-order valence-electron chi connectivity index (χ0n) is 18.4. The minimum Gasteiger partial charge on any atom is -0.382 e. The third-order valence-corrected chi connectivity index (χ3v) is 12.9. The Labute approximate surface area is 213 Å². The molecule has 33 heavy (non-hydrogen) atoms. The standard InChI is InChI=1S/C26H25Br2NO3S/c1-22(2)18-13-14-23(22)15-33(32)29-26(23)24(28,21(30)17-11-7-4-8-12-17)19(20(27)25(18,26)31)16-9-5-3-6-10-16/h3-12,18,29,31H,13-15H2,1-2H3/t18-,23-,24?,25-,26+,33?/m0/s1. The Morgan fingerprint density at radius 3 is 2.33 bits per heavy atom. The van der Waals surface area contributed by atoms with Gasteiger partial charge in [0.25, 0.3) is 0 Å². The van der Waals surface area contributed by atoms with Gasteiger partial charge in [0.15, 0.2) is 5.78 Å². The summed E-state index contributed by atoms with van der Waals surface area (Å²) in [6.45, 7) is 4.35. The van der Waals surface area contributed by atoms with Crippen LogP contribution in [0.25, 0.3) is 5.57 Å². The summed E-state index contributed by atoms with van der Waals surface area (Å²) in [5, 5.41) is 12.8. The van der Waals surface area contributed by atoms with Gasteiger partial charge in [-0.25, -0.2) is 8.93 Å². The summed E-state index contributed by atoms with van der Waals surface area (Å²) < 4.78 is 16.0. The van der Waals surface area contributed by atoms with Gasteiger partial charge in [-0.05, 0) is 29.4 Å². The fourth-order valence-corrected chi connectivity index (χ4v) is 13.0. The van der Waals surface area contributed by atoms with Crippen LogP contribution in [0.4, 0.5) is 0 Å². The quantitative estimate of drug-likeness (QED) is 0.391. The number of hydrogen-bond acceptors (Lipinski definition) is 3. The largest absolute Gasteiger partial charge is 0.382 e. The minimum atomic E-state index is -1.39. The Morgan fingerprint density at radius 2 is 1.70 bits per heavy atom. The smallest absolute Gasteiger partial charge is 0.186 e. The monoisotopic (exact) mass is 589 g/mol. The van der Waals surface area contributed by atoms with Gasteiger partial charge in [0, 0.05) is 27.1 Å². The molecule has 3 aliphatic carbocycles. The number of alkyl halides is 1. The number of fused-ring (bicyclic) bond motifs is 2. The van der Waals surface area contributed by atoms with Crippen molar-refractivity contribution < 1.29 is 14.1 Å². The molecule has 172 valence electrons. The number of Topliss-reactive ketones (excluding diaryl/α,β-unsaturated/α-hetero) is 1. The zero-order valence-corrected chi connectivity index (χ0v) is 22.4. The molecule has 2 N–H and O–H groups in total. The van der Waals surface area contributed by atoms with Crippen LogP contribution in [0.1, 0.15) is 42.6 Å². The summed E-state index contributed by atoms with van der Waals surface area (Å²) in [5.74, 6) is 0.186. The molecule has 1 heterocycles. The first kappa shape index (κ1) is 22.4. The Balaban J connectivity index is 1.74. The van der Waals surface area contributed by atoms with Gasteiger partial charge in [-0.3, -0.25) is 4.79 Å². The van der Waals surface area contributed by atoms with E-state index in [4.69, 9.17) is 0 Å². The van der Waals surface area contributed by atoms with Crippen molar-refractivity contribution in [2.24, 2.45) is 16.7 Å². The number of carbonyl (C=O) groups excluding carboxylic acids is 1. The lowest BCUT2D eigenvalue weighted by Crippen LogP contribution is -2.74. The molecule has 2 bridgehead atoms. The van der Waals surface area contributed by atoms with E-state index in [1.807, 2.05) is 60.7 Å². The van der Waals surface area contributed by atoms with Crippen LogP contribution >= 0.6 is 31.9 Å². The Hall–Kier alpha value is -1.12. The second-order valence-electron chi connectivity index (χ2n) is 10.4. The number of aliphatic hydroxyl groups is 1. The van der Waals surface area contributed by atoms with E-state index < -0.39 is 31.9 Å². The van der Waals surface area contributed by atoms with E-state index in [-0.39, 0.29) is 17.1 Å². The summed E-state index contributed by atoms with van der Waals surface area (Å²) in [7, 11) is -1.38. The molecule has 0 radical (unpaired) electrons. The van der Waals surface area contributed by atoms with Crippen LogP contribution in [-0.4, -0.2) is 36.3 Å². The molecular weight excluding hydrogens is 566 g/mol. The van der Waals surface area contributed by atoms with Crippen molar-refractivity contribution >= 4 is 54.2 Å².